The highest BCUT2D eigenvalue weighted by Gasteiger charge is 2.24. The third kappa shape index (κ3) is 1.93. The molecule has 0 aromatic carbocycles. The van der Waals surface area contributed by atoms with Gasteiger partial charge >= 0.3 is 0 Å². The number of anilines is 1. The van der Waals surface area contributed by atoms with E-state index in [2.05, 4.69) is 30.4 Å². The molecule has 0 aliphatic carbocycles. The molecule has 0 bridgehead atoms. The number of hydrogen-bond acceptors (Lipinski definition) is 3. The molecule has 1 aliphatic rings. The van der Waals surface area contributed by atoms with Crippen LogP contribution in [0, 0.1) is 0 Å². The molecule has 2 aromatic rings. The highest BCUT2D eigenvalue weighted by molar-refractivity contribution is 5.70. The quantitative estimate of drug-likeness (QED) is 0.902. The number of hydrogen-bond donors (Lipinski definition) is 1. The Hall–Kier alpha value is -1.78. The Labute approximate surface area is 113 Å². The molecule has 0 saturated heterocycles. The second kappa shape index (κ2) is 4.40. The number of aromatic nitrogens is 4. The molecule has 0 saturated carbocycles. The van der Waals surface area contributed by atoms with Crippen molar-refractivity contribution in [1.82, 2.24) is 19.3 Å². The first-order valence-corrected chi connectivity index (χ1v) is 6.98. The van der Waals surface area contributed by atoms with Crippen LogP contribution in [0.1, 0.15) is 51.4 Å². The minimum absolute atomic E-state index is 0.353. The molecule has 0 fully saturated rings. The van der Waals surface area contributed by atoms with E-state index >= 15 is 0 Å². The highest BCUT2D eigenvalue weighted by atomic mass is 15.3. The average Bonchev–Trinajstić information content (AvgIpc) is 2.96. The summed E-state index contributed by atoms with van der Waals surface area (Å²) in [4.78, 5) is 4.76. The van der Waals surface area contributed by atoms with Crippen LogP contribution in [0.25, 0.3) is 11.3 Å². The summed E-state index contributed by atoms with van der Waals surface area (Å²) < 4.78 is 4.10. The van der Waals surface area contributed by atoms with Gasteiger partial charge in [-0.1, -0.05) is 6.92 Å². The van der Waals surface area contributed by atoms with E-state index in [1.807, 2.05) is 17.1 Å². The molecule has 1 atom stereocenters. The van der Waals surface area contributed by atoms with Gasteiger partial charge < -0.3 is 10.3 Å². The number of imidazole rings is 1. The van der Waals surface area contributed by atoms with Gasteiger partial charge in [-0.05, 0) is 26.7 Å². The smallest absolute Gasteiger partial charge is 0.131 e. The van der Waals surface area contributed by atoms with Gasteiger partial charge in [0.1, 0.15) is 17.3 Å². The lowest BCUT2D eigenvalue weighted by Crippen LogP contribution is -2.15. The molecule has 5 nitrogen and oxygen atoms in total. The van der Waals surface area contributed by atoms with Crippen LogP contribution in [-0.4, -0.2) is 19.3 Å². The van der Waals surface area contributed by atoms with Crippen LogP contribution in [0.5, 0.6) is 0 Å². The molecule has 0 amide bonds. The van der Waals surface area contributed by atoms with Gasteiger partial charge in [0.15, 0.2) is 0 Å². The lowest BCUT2D eigenvalue weighted by atomic mass is 10.0. The van der Waals surface area contributed by atoms with Crippen molar-refractivity contribution in [2.75, 3.05) is 5.73 Å². The molecule has 2 N–H and O–H groups in total. The summed E-state index contributed by atoms with van der Waals surface area (Å²) in [6.45, 7) is 7.43. The Morgan fingerprint density at radius 2 is 2.21 bits per heavy atom. The Balaban J connectivity index is 2.05. The van der Waals surface area contributed by atoms with Crippen molar-refractivity contribution in [2.24, 2.45) is 0 Å². The minimum Gasteiger partial charge on any atom is -0.383 e. The maximum absolute atomic E-state index is 6.27. The fraction of sp³-hybridized carbons (Fsp3) is 0.571. The van der Waals surface area contributed by atoms with Gasteiger partial charge in [0.05, 0.1) is 6.20 Å². The predicted molar refractivity (Wildman–Crippen MR) is 75.9 cm³/mol. The standard InChI is InChI=1S/C14H21N5/c1-9(2)19-8-11(7-16-19)12-13(15)18-6-4-5-10(3)14(18)17-12/h7-10H,4-6,15H2,1-3H3. The third-order valence-corrected chi connectivity index (χ3v) is 3.90. The lowest BCUT2D eigenvalue weighted by molar-refractivity contribution is 0.467. The average molecular weight is 259 g/mol. The molecule has 3 rings (SSSR count). The molecular formula is C14H21N5. The zero-order valence-electron chi connectivity index (χ0n) is 11.8. The van der Waals surface area contributed by atoms with Gasteiger partial charge in [0.25, 0.3) is 0 Å². The van der Waals surface area contributed by atoms with E-state index in [0.717, 1.165) is 29.4 Å². The Bertz CT molecular complexity index is 593. The summed E-state index contributed by atoms with van der Waals surface area (Å²) in [5.74, 6) is 2.39. The first kappa shape index (κ1) is 12.3. The molecule has 0 spiro atoms. The fourth-order valence-corrected chi connectivity index (χ4v) is 2.73. The van der Waals surface area contributed by atoms with Crippen LogP contribution >= 0.6 is 0 Å². The zero-order valence-corrected chi connectivity index (χ0v) is 11.8. The van der Waals surface area contributed by atoms with Crippen LogP contribution < -0.4 is 5.73 Å². The van der Waals surface area contributed by atoms with E-state index in [-0.39, 0.29) is 0 Å². The van der Waals surface area contributed by atoms with Crippen LogP contribution in [0.3, 0.4) is 0 Å². The molecule has 102 valence electrons. The van der Waals surface area contributed by atoms with Crippen molar-refractivity contribution in [3.63, 3.8) is 0 Å². The molecule has 2 aromatic heterocycles. The number of fused-ring (bicyclic) bond motifs is 1. The monoisotopic (exact) mass is 259 g/mol. The van der Waals surface area contributed by atoms with Crippen molar-refractivity contribution < 1.29 is 0 Å². The van der Waals surface area contributed by atoms with Gasteiger partial charge in [-0.2, -0.15) is 5.10 Å². The molecule has 1 aliphatic heterocycles. The first-order chi connectivity index (χ1) is 9.08. The van der Waals surface area contributed by atoms with E-state index in [1.54, 1.807) is 0 Å². The molecule has 1 unspecified atom stereocenters. The van der Waals surface area contributed by atoms with Crippen LogP contribution in [0.2, 0.25) is 0 Å². The molecule has 19 heavy (non-hydrogen) atoms. The van der Waals surface area contributed by atoms with Crippen molar-refractivity contribution in [2.45, 2.75) is 52.1 Å². The summed E-state index contributed by atoms with van der Waals surface area (Å²) in [7, 11) is 0. The normalized spacial score (nSPS) is 18.8. The first-order valence-electron chi connectivity index (χ1n) is 6.98. The summed E-state index contributed by atoms with van der Waals surface area (Å²) in [5, 5.41) is 4.37. The number of nitrogen functional groups attached to an aromatic ring is 1. The third-order valence-electron chi connectivity index (χ3n) is 3.90. The van der Waals surface area contributed by atoms with E-state index in [1.165, 1.54) is 12.8 Å². The second-order valence-corrected chi connectivity index (χ2v) is 5.70. The fourth-order valence-electron chi connectivity index (χ4n) is 2.73. The SMILES string of the molecule is CC1CCCn2c1nc(-c1cnn(C(C)C)c1)c2N. The number of nitrogens with zero attached hydrogens (tertiary/aromatic N) is 4. The maximum Gasteiger partial charge on any atom is 0.131 e. The largest absolute Gasteiger partial charge is 0.383 e. The van der Waals surface area contributed by atoms with Crippen LogP contribution in [0.4, 0.5) is 5.82 Å². The van der Waals surface area contributed by atoms with Gasteiger partial charge in [-0.3, -0.25) is 4.68 Å². The lowest BCUT2D eigenvalue weighted by Gasteiger charge is -2.20. The van der Waals surface area contributed by atoms with Gasteiger partial charge in [-0.15, -0.1) is 0 Å². The summed E-state index contributed by atoms with van der Waals surface area (Å²) in [6, 6.07) is 0.353. The van der Waals surface area contributed by atoms with Gasteiger partial charge in [-0.25, -0.2) is 4.98 Å². The van der Waals surface area contributed by atoms with Crippen molar-refractivity contribution in [3.05, 3.63) is 18.2 Å². The molecule has 0 radical (unpaired) electrons. The van der Waals surface area contributed by atoms with Crippen molar-refractivity contribution in [3.8, 4) is 11.3 Å². The van der Waals surface area contributed by atoms with Crippen LogP contribution in [0.15, 0.2) is 12.4 Å². The Morgan fingerprint density at radius 1 is 1.42 bits per heavy atom. The van der Waals surface area contributed by atoms with Crippen molar-refractivity contribution in [1.29, 1.82) is 0 Å². The second-order valence-electron chi connectivity index (χ2n) is 5.70. The van der Waals surface area contributed by atoms with E-state index in [4.69, 9.17) is 10.7 Å². The topological polar surface area (TPSA) is 61.7 Å². The maximum atomic E-state index is 6.27. The zero-order chi connectivity index (χ0) is 13.6. The van der Waals surface area contributed by atoms with Crippen molar-refractivity contribution >= 4 is 5.82 Å². The highest BCUT2D eigenvalue weighted by Crippen LogP contribution is 2.34. The van der Waals surface area contributed by atoms with Crippen LogP contribution in [-0.2, 0) is 6.54 Å². The molecule has 3 heterocycles. The molecular weight excluding hydrogens is 238 g/mol. The van der Waals surface area contributed by atoms with E-state index < -0.39 is 0 Å². The number of nitrogens with two attached hydrogens (primary N) is 1. The van der Waals surface area contributed by atoms with E-state index in [0.29, 0.717) is 12.0 Å². The molecule has 5 heteroatoms. The van der Waals surface area contributed by atoms with Gasteiger partial charge in [0, 0.05) is 30.3 Å². The van der Waals surface area contributed by atoms with Gasteiger partial charge in [0.2, 0.25) is 0 Å². The summed E-state index contributed by atoms with van der Waals surface area (Å²) in [5.41, 5.74) is 8.17. The summed E-state index contributed by atoms with van der Waals surface area (Å²) in [6.07, 6.45) is 6.26. The summed E-state index contributed by atoms with van der Waals surface area (Å²) >= 11 is 0. The van der Waals surface area contributed by atoms with E-state index in [9.17, 15) is 0 Å². The minimum atomic E-state index is 0.353. The Kier molecular flexibility index (Phi) is 2.84. The Morgan fingerprint density at radius 3 is 2.84 bits per heavy atom. The number of rotatable bonds is 2. The predicted octanol–water partition coefficient (Wildman–Crippen LogP) is 2.81.